The van der Waals surface area contributed by atoms with Crippen molar-refractivity contribution in [3.8, 4) is 0 Å². The molecule has 0 heterocycles. The van der Waals surface area contributed by atoms with Gasteiger partial charge < -0.3 is 0 Å². The van der Waals surface area contributed by atoms with E-state index in [1.807, 2.05) is 0 Å². The fourth-order valence-corrected chi connectivity index (χ4v) is 1.73. The van der Waals surface area contributed by atoms with Gasteiger partial charge in [0.1, 0.15) is 0 Å². The van der Waals surface area contributed by atoms with Crippen LogP contribution in [-0.2, 0) is 0 Å². The first kappa shape index (κ1) is 13.5. The van der Waals surface area contributed by atoms with Gasteiger partial charge in [0, 0.05) is 24.0 Å². The molecule has 0 aliphatic carbocycles. The van der Waals surface area contributed by atoms with E-state index < -0.39 is 0 Å². The number of hydrogen-bond acceptors (Lipinski definition) is 1. The monoisotopic (exact) mass is 267 g/mol. The molecule has 0 saturated heterocycles. The molecular formula is C10H19BrClN. The Hall–Kier alpha value is 0.470. The molecule has 0 aliphatic heterocycles. The van der Waals surface area contributed by atoms with E-state index in [-0.39, 0.29) is 0 Å². The van der Waals surface area contributed by atoms with Crippen molar-refractivity contribution in [2.45, 2.75) is 26.7 Å². The lowest BCUT2D eigenvalue weighted by molar-refractivity contribution is 0.310. The third kappa shape index (κ3) is 7.53. The van der Waals surface area contributed by atoms with Crippen LogP contribution in [-0.4, -0.2) is 29.9 Å². The molecule has 0 aromatic heterocycles. The summed E-state index contributed by atoms with van der Waals surface area (Å²) in [6, 6.07) is 0. The Morgan fingerprint density at radius 1 is 1.46 bits per heavy atom. The second-order valence-electron chi connectivity index (χ2n) is 3.27. The van der Waals surface area contributed by atoms with Crippen molar-refractivity contribution in [3.05, 3.63) is 11.1 Å². The summed E-state index contributed by atoms with van der Waals surface area (Å²) in [6.45, 7) is 7.55. The molecule has 0 N–H and O–H groups in total. The molecule has 78 valence electrons. The minimum Gasteiger partial charge on any atom is -0.299 e. The molecule has 0 radical (unpaired) electrons. The van der Waals surface area contributed by atoms with Gasteiger partial charge in [-0.3, -0.25) is 4.90 Å². The standard InChI is InChI=1S/C10H19BrClN/c1-3-4-6-13(7-5-11)9-10(2)8-12/h8H,3-7,9H2,1-2H3. The molecule has 0 unspecified atom stereocenters. The summed E-state index contributed by atoms with van der Waals surface area (Å²) in [4.78, 5) is 2.42. The SMILES string of the molecule is CCCCN(CCBr)CC(C)=CCl. The Balaban J connectivity index is 3.79. The number of halogens is 2. The topological polar surface area (TPSA) is 3.24 Å². The van der Waals surface area contributed by atoms with Crippen LogP contribution >= 0.6 is 27.5 Å². The van der Waals surface area contributed by atoms with Crippen molar-refractivity contribution in [1.82, 2.24) is 4.90 Å². The third-order valence-electron chi connectivity index (χ3n) is 1.89. The summed E-state index contributed by atoms with van der Waals surface area (Å²) in [6.07, 6.45) is 2.52. The highest BCUT2D eigenvalue weighted by molar-refractivity contribution is 9.09. The number of rotatable bonds is 7. The van der Waals surface area contributed by atoms with Crippen LogP contribution in [0.5, 0.6) is 0 Å². The van der Waals surface area contributed by atoms with Crippen molar-refractivity contribution >= 4 is 27.5 Å². The largest absolute Gasteiger partial charge is 0.299 e. The van der Waals surface area contributed by atoms with Gasteiger partial charge in [0.05, 0.1) is 0 Å². The predicted molar refractivity (Wildman–Crippen MR) is 64.8 cm³/mol. The molecule has 0 fully saturated rings. The predicted octanol–water partition coefficient (Wildman–Crippen LogP) is 3.63. The minimum absolute atomic E-state index is 0.995. The molecule has 0 atom stereocenters. The van der Waals surface area contributed by atoms with Crippen LogP contribution in [0.25, 0.3) is 0 Å². The summed E-state index contributed by atoms with van der Waals surface area (Å²) in [7, 11) is 0. The number of hydrogen-bond donors (Lipinski definition) is 0. The van der Waals surface area contributed by atoms with Gasteiger partial charge >= 0.3 is 0 Å². The molecule has 0 aromatic carbocycles. The maximum absolute atomic E-state index is 5.63. The van der Waals surface area contributed by atoms with Crippen molar-refractivity contribution in [2.75, 3.05) is 25.0 Å². The van der Waals surface area contributed by atoms with Gasteiger partial charge in [0.2, 0.25) is 0 Å². The molecule has 13 heavy (non-hydrogen) atoms. The molecule has 3 heteroatoms. The van der Waals surface area contributed by atoms with Gasteiger partial charge in [-0.05, 0) is 25.5 Å². The van der Waals surface area contributed by atoms with Crippen LogP contribution in [0.15, 0.2) is 11.1 Å². The van der Waals surface area contributed by atoms with Crippen LogP contribution in [0.2, 0.25) is 0 Å². The van der Waals surface area contributed by atoms with Crippen molar-refractivity contribution in [2.24, 2.45) is 0 Å². The zero-order valence-electron chi connectivity index (χ0n) is 8.52. The Labute approximate surface area is 95.3 Å². The molecule has 0 amide bonds. The van der Waals surface area contributed by atoms with Gasteiger partial charge in [-0.15, -0.1) is 0 Å². The van der Waals surface area contributed by atoms with Crippen LogP contribution in [0.3, 0.4) is 0 Å². The molecule has 1 nitrogen and oxygen atoms in total. The van der Waals surface area contributed by atoms with Crippen molar-refractivity contribution in [1.29, 1.82) is 0 Å². The lowest BCUT2D eigenvalue weighted by Gasteiger charge is -2.20. The smallest absolute Gasteiger partial charge is 0.0202 e. The number of unbranched alkanes of at least 4 members (excludes halogenated alkanes) is 1. The Kier molecular flexibility index (Phi) is 9.37. The second kappa shape index (κ2) is 9.04. The molecule has 0 spiro atoms. The zero-order chi connectivity index (χ0) is 10.1. The minimum atomic E-state index is 0.995. The highest BCUT2D eigenvalue weighted by atomic mass is 79.9. The molecule has 0 bridgehead atoms. The Bertz CT molecular complexity index is 148. The fraction of sp³-hybridized carbons (Fsp3) is 0.800. The zero-order valence-corrected chi connectivity index (χ0v) is 10.9. The molecule has 0 aromatic rings. The average Bonchev–Trinajstić information content (AvgIpc) is 2.14. The van der Waals surface area contributed by atoms with Crippen LogP contribution in [0.4, 0.5) is 0 Å². The van der Waals surface area contributed by atoms with E-state index in [0.717, 1.165) is 18.4 Å². The highest BCUT2D eigenvalue weighted by Crippen LogP contribution is 2.03. The molecule has 0 rings (SSSR count). The van der Waals surface area contributed by atoms with Crippen LogP contribution < -0.4 is 0 Å². The maximum atomic E-state index is 5.63. The van der Waals surface area contributed by atoms with Gasteiger partial charge in [-0.1, -0.05) is 40.9 Å². The first-order chi connectivity index (χ1) is 6.24. The normalized spacial score (nSPS) is 12.5. The second-order valence-corrected chi connectivity index (χ2v) is 4.29. The highest BCUT2D eigenvalue weighted by Gasteiger charge is 2.03. The van der Waals surface area contributed by atoms with E-state index in [0.29, 0.717) is 0 Å². The number of alkyl halides is 1. The summed E-state index contributed by atoms with van der Waals surface area (Å²) in [5.74, 6) is 0. The summed E-state index contributed by atoms with van der Waals surface area (Å²) >= 11 is 9.09. The van der Waals surface area contributed by atoms with Crippen molar-refractivity contribution < 1.29 is 0 Å². The fourth-order valence-electron chi connectivity index (χ4n) is 1.16. The third-order valence-corrected chi connectivity index (χ3v) is 2.62. The lowest BCUT2D eigenvalue weighted by atomic mass is 10.2. The quantitative estimate of drug-likeness (QED) is 0.638. The molecular weight excluding hydrogens is 249 g/mol. The van der Waals surface area contributed by atoms with Crippen LogP contribution in [0, 0.1) is 0 Å². The lowest BCUT2D eigenvalue weighted by Crippen LogP contribution is -2.28. The van der Waals surface area contributed by atoms with Gasteiger partial charge in [-0.2, -0.15) is 0 Å². The van der Waals surface area contributed by atoms with E-state index in [4.69, 9.17) is 11.6 Å². The van der Waals surface area contributed by atoms with E-state index >= 15 is 0 Å². The van der Waals surface area contributed by atoms with Gasteiger partial charge in [0.25, 0.3) is 0 Å². The van der Waals surface area contributed by atoms with E-state index in [1.165, 1.54) is 25.0 Å². The van der Waals surface area contributed by atoms with Crippen molar-refractivity contribution in [3.63, 3.8) is 0 Å². The van der Waals surface area contributed by atoms with E-state index in [2.05, 4.69) is 34.7 Å². The van der Waals surface area contributed by atoms with Crippen LogP contribution in [0.1, 0.15) is 26.7 Å². The van der Waals surface area contributed by atoms with Gasteiger partial charge in [-0.25, -0.2) is 0 Å². The Morgan fingerprint density at radius 3 is 2.62 bits per heavy atom. The summed E-state index contributed by atoms with van der Waals surface area (Å²) < 4.78 is 0. The average molecular weight is 269 g/mol. The first-order valence-electron chi connectivity index (χ1n) is 4.78. The van der Waals surface area contributed by atoms with E-state index in [9.17, 15) is 0 Å². The number of nitrogens with zero attached hydrogens (tertiary/aromatic N) is 1. The van der Waals surface area contributed by atoms with E-state index in [1.54, 1.807) is 5.54 Å². The first-order valence-corrected chi connectivity index (χ1v) is 6.34. The maximum Gasteiger partial charge on any atom is 0.0202 e. The Morgan fingerprint density at radius 2 is 2.15 bits per heavy atom. The summed E-state index contributed by atoms with van der Waals surface area (Å²) in [5, 5.41) is 1.03. The summed E-state index contributed by atoms with van der Waals surface area (Å²) in [5.41, 5.74) is 2.91. The molecule has 0 saturated carbocycles. The van der Waals surface area contributed by atoms with Gasteiger partial charge in [0.15, 0.2) is 0 Å². The molecule has 0 aliphatic rings.